The predicted molar refractivity (Wildman–Crippen MR) is 109 cm³/mol. The van der Waals surface area contributed by atoms with Crippen LogP contribution in [0.1, 0.15) is 23.2 Å². The Labute approximate surface area is 170 Å². The van der Waals surface area contributed by atoms with E-state index >= 15 is 0 Å². The lowest BCUT2D eigenvalue weighted by molar-refractivity contribution is -0.384. The van der Waals surface area contributed by atoms with Crippen LogP contribution < -0.4 is 5.32 Å². The molecule has 1 heterocycles. The highest BCUT2D eigenvalue weighted by Crippen LogP contribution is 2.25. The second kappa shape index (κ2) is 11.0. The van der Waals surface area contributed by atoms with Gasteiger partial charge in [-0.15, -0.1) is 0 Å². The number of carbonyl (C=O) groups excluding carboxylic acids is 1. The molecule has 0 spiro atoms. The summed E-state index contributed by atoms with van der Waals surface area (Å²) >= 11 is 0. The lowest BCUT2D eigenvalue weighted by Crippen LogP contribution is -2.36. The number of hydrogen-bond acceptors (Lipinski definition) is 7. The fraction of sp³-hybridized carbons (Fsp3) is 0.316. The van der Waals surface area contributed by atoms with Crippen LogP contribution in [0, 0.1) is 10.1 Å². The van der Waals surface area contributed by atoms with Crippen molar-refractivity contribution in [2.24, 2.45) is 4.36 Å². The van der Waals surface area contributed by atoms with Crippen molar-refractivity contribution in [3.05, 3.63) is 70.3 Å². The standard InChI is InChI=1S/C12H17N3O2.C7H5NO3S/c1-14-8-6-10(7-9-14)13-11-4-2-3-5-12(11)15(16)17;9-7(8-12(10)11)6-4-2-1-3-5-6/h2-5,10,13H,6-9H2,1H3;1-5H. The van der Waals surface area contributed by atoms with Crippen molar-refractivity contribution < 1.29 is 18.1 Å². The number of piperidine rings is 1. The highest BCUT2D eigenvalue weighted by atomic mass is 32.2. The minimum Gasteiger partial charge on any atom is -0.377 e. The smallest absolute Gasteiger partial charge is 0.319 e. The third kappa shape index (κ3) is 7.43. The van der Waals surface area contributed by atoms with Crippen molar-refractivity contribution in [2.45, 2.75) is 18.9 Å². The predicted octanol–water partition coefficient (Wildman–Crippen LogP) is 2.99. The number of hydrogen-bond donors (Lipinski definition) is 1. The molecule has 1 saturated heterocycles. The van der Waals surface area contributed by atoms with E-state index in [0.29, 0.717) is 11.7 Å². The van der Waals surface area contributed by atoms with Crippen LogP contribution in [0.15, 0.2) is 59.0 Å². The topological polar surface area (TPSA) is 122 Å². The first-order chi connectivity index (χ1) is 13.9. The fourth-order valence-corrected chi connectivity index (χ4v) is 3.07. The highest BCUT2D eigenvalue weighted by Gasteiger charge is 2.19. The zero-order chi connectivity index (χ0) is 21.2. The first-order valence-corrected chi connectivity index (χ1v) is 9.99. The zero-order valence-corrected chi connectivity index (χ0v) is 16.7. The molecule has 0 unspecified atom stereocenters. The van der Waals surface area contributed by atoms with E-state index in [1.807, 2.05) is 6.07 Å². The summed E-state index contributed by atoms with van der Waals surface area (Å²) in [6.07, 6.45) is 2.06. The molecule has 0 aliphatic carbocycles. The van der Waals surface area contributed by atoms with Crippen LogP contribution in [0.3, 0.4) is 0 Å². The number of nitro benzene ring substituents is 1. The number of benzene rings is 2. The first kappa shape index (κ1) is 22.2. The third-order valence-electron chi connectivity index (χ3n) is 4.36. The quantitative estimate of drug-likeness (QED) is 0.598. The molecule has 1 N–H and O–H groups in total. The summed E-state index contributed by atoms with van der Waals surface area (Å²) in [5.41, 5.74) is 1.06. The van der Waals surface area contributed by atoms with Gasteiger partial charge in [-0.05, 0) is 51.2 Å². The van der Waals surface area contributed by atoms with Gasteiger partial charge in [0.25, 0.3) is 11.6 Å². The van der Waals surface area contributed by atoms with Crippen LogP contribution in [-0.2, 0) is 10.5 Å². The molecule has 1 amide bonds. The molecule has 29 heavy (non-hydrogen) atoms. The Balaban J connectivity index is 0.000000221. The molecule has 0 atom stereocenters. The molecular weight excluding hydrogens is 396 g/mol. The number of nitrogens with zero attached hydrogens (tertiary/aromatic N) is 3. The number of amides is 1. The summed E-state index contributed by atoms with van der Waals surface area (Å²) in [5, 5.41) is 14.2. The summed E-state index contributed by atoms with van der Waals surface area (Å²) in [4.78, 5) is 23.7. The van der Waals surface area contributed by atoms with E-state index in [0.717, 1.165) is 25.9 Å². The van der Waals surface area contributed by atoms with Crippen LogP contribution in [0.5, 0.6) is 0 Å². The average molecular weight is 418 g/mol. The van der Waals surface area contributed by atoms with Gasteiger partial charge in [0.05, 0.1) is 4.92 Å². The molecule has 1 aliphatic heterocycles. The maximum atomic E-state index is 10.9. The lowest BCUT2D eigenvalue weighted by Gasteiger charge is -2.29. The molecule has 154 valence electrons. The fourth-order valence-electron chi connectivity index (χ4n) is 2.83. The van der Waals surface area contributed by atoms with Crippen molar-refractivity contribution in [1.82, 2.24) is 4.90 Å². The maximum Gasteiger partial charge on any atom is 0.319 e. The number of rotatable bonds is 4. The molecule has 0 bridgehead atoms. The van der Waals surface area contributed by atoms with Gasteiger partial charge in [-0.2, -0.15) is 8.42 Å². The summed E-state index contributed by atoms with van der Waals surface area (Å²) in [6.45, 7) is 2.08. The number of anilines is 1. The molecule has 2 aromatic carbocycles. The molecule has 9 nitrogen and oxygen atoms in total. The van der Waals surface area contributed by atoms with Gasteiger partial charge >= 0.3 is 10.5 Å². The number of para-hydroxylation sites is 2. The molecular formula is C19H22N4O5S. The van der Waals surface area contributed by atoms with Crippen LogP contribution in [0.4, 0.5) is 11.4 Å². The molecule has 0 radical (unpaired) electrons. The van der Waals surface area contributed by atoms with Gasteiger partial charge in [0.15, 0.2) is 0 Å². The van der Waals surface area contributed by atoms with E-state index in [2.05, 4.69) is 21.6 Å². The lowest BCUT2D eigenvalue weighted by atomic mass is 10.1. The summed E-state index contributed by atoms with van der Waals surface area (Å²) < 4.78 is 22.8. The van der Waals surface area contributed by atoms with E-state index in [1.54, 1.807) is 30.3 Å². The normalized spacial score (nSPS) is 14.2. The second-order valence-electron chi connectivity index (χ2n) is 6.48. The van der Waals surface area contributed by atoms with Crippen LogP contribution in [-0.4, -0.2) is 50.3 Å². The molecule has 2 aromatic rings. The minimum absolute atomic E-state index is 0.159. The molecule has 0 aromatic heterocycles. The van der Waals surface area contributed by atoms with Crippen molar-refractivity contribution in [1.29, 1.82) is 0 Å². The summed E-state index contributed by atoms with van der Waals surface area (Å²) in [5.74, 6) is -0.746. The van der Waals surface area contributed by atoms with Gasteiger partial charge < -0.3 is 10.2 Å². The van der Waals surface area contributed by atoms with Crippen molar-refractivity contribution >= 4 is 27.8 Å². The van der Waals surface area contributed by atoms with E-state index in [-0.39, 0.29) is 16.2 Å². The number of nitro groups is 1. The molecule has 10 heteroatoms. The minimum atomic E-state index is -2.67. The Hall–Kier alpha value is -3.11. The summed E-state index contributed by atoms with van der Waals surface area (Å²) in [7, 11) is -0.572. The van der Waals surface area contributed by atoms with Crippen LogP contribution in [0.2, 0.25) is 0 Å². The third-order valence-corrected chi connectivity index (χ3v) is 4.67. The van der Waals surface area contributed by atoms with Crippen molar-refractivity contribution in [2.75, 3.05) is 25.5 Å². The number of carbonyl (C=O) groups is 1. The molecule has 1 fully saturated rings. The van der Waals surface area contributed by atoms with Gasteiger partial charge in [-0.3, -0.25) is 14.9 Å². The zero-order valence-electron chi connectivity index (χ0n) is 15.9. The van der Waals surface area contributed by atoms with Crippen molar-refractivity contribution in [3.8, 4) is 0 Å². The van der Waals surface area contributed by atoms with E-state index < -0.39 is 16.4 Å². The average Bonchev–Trinajstić information content (AvgIpc) is 2.71. The SMILES string of the molecule is CN1CCC(Nc2ccccc2[N+](=O)[O-])CC1.O=C(N=S(=O)=O)c1ccccc1. The highest BCUT2D eigenvalue weighted by molar-refractivity contribution is 7.62. The van der Waals surface area contributed by atoms with E-state index in [1.165, 1.54) is 18.2 Å². The van der Waals surface area contributed by atoms with Gasteiger partial charge in [0.1, 0.15) is 5.69 Å². The van der Waals surface area contributed by atoms with Gasteiger partial charge in [0, 0.05) is 17.7 Å². The van der Waals surface area contributed by atoms with Gasteiger partial charge in [0.2, 0.25) is 0 Å². The van der Waals surface area contributed by atoms with Crippen LogP contribution >= 0.6 is 0 Å². The second-order valence-corrected chi connectivity index (χ2v) is 7.09. The number of likely N-dealkylation sites (tertiary alicyclic amines) is 1. The van der Waals surface area contributed by atoms with E-state index in [4.69, 9.17) is 0 Å². The maximum absolute atomic E-state index is 10.9. The van der Waals surface area contributed by atoms with Gasteiger partial charge in [-0.1, -0.05) is 34.7 Å². The Morgan fingerprint density at radius 3 is 2.28 bits per heavy atom. The number of nitrogens with one attached hydrogen (secondary N) is 1. The Bertz CT molecular complexity index is 963. The first-order valence-electron chi connectivity index (χ1n) is 8.96. The Morgan fingerprint density at radius 1 is 1.10 bits per heavy atom. The van der Waals surface area contributed by atoms with Crippen molar-refractivity contribution in [3.63, 3.8) is 0 Å². The largest absolute Gasteiger partial charge is 0.377 e. The molecule has 1 aliphatic rings. The Kier molecular flexibility index (Phi) is 8.44. The molecule has 0 saturated carbocycles. The van der Waals surface area contributed by atoms with Gasteiger partial charge in [-0.25, -0.2) is 0 Å². The Morgan fingerprint density at radius 2 is 1.69 bits per heavy atom. The monoisotopic (exact) mass is 418 g/mol. The summed E-state index contributed by atoms with van der Waals surface area (Å²) in [6, 6.07) is 15.2. The van der Waals surface area contributed by atoms with E-state index in [9.17, 15) is 23.3 Å². The molecule has 3 rings (SSSR count). The van der Waals surface area contributed by atoms with Crippen LogP contribution in [0.25, 0.3) is 0 Å².